The van der Waals surface area contributed by atoms with Gasteiger partial charge in [0.15, 0.2) is 0 Å². The van der Waals surface area contributed by atoms with E-state index in [-0.39, 0.29) is 5.91 Å². The molecule has 0 unspecified atom stereocenters. The molecule has 0 radical (unpaired) electrons. The molecule has 128 valence electrons. The smallest absolute Gasteiger partial charge is 0.239 e. The number of hydrogen-bond acceptors (Lipinski definition) is 5. The fourth-order valence-electron chi connectivity index (χ4n) is 3.03. The molecule has 0 bridgehead atoms. The summed E-state index contributed by atoms with van der Waals surface area (Å²) in [7, 11) is 1.94. The average molecular weight is 349 g/mol. The van der Waals surface area contributed by atoms with E-state index >= 15 is 0 Å². The normalized spacial score (nSPS) is 17.8. The maximum atomic E-state index is 12.0. The minimum absolute atomic E-state index is 0.334. The molecular weight excluding hydrogens is 328 g/mol. The van der Waals surface area contributed by atoms with Gasteiger partial charge in [0.05, 0.1) is 6.54 Å². The average Bonchev–Trinajstić information content (AvgIpc) is 2.96. The summed E-state index contributed by atoms with van der Waals surface area (Å²) in [6.07, 6.45) is 1.70. The SMILES string of the molecule is Cn1cnnc1CN1CCN([C@H](C(N)=O)c2ccc(Cl)cc2)CC1. The van der Waals surface area contributed by atoms with Crippen molar-refractivity contribution in [2.45, 2.75) is 12.6 Å². The number of amides is 1. The maximum absolute atomic E-state index is 12.0. The van der Waals surface area contributed by atoms with Gasteiger partial charge in [0.2, 0.25) is 5.91 Å². The van der Waals surface area contributed by atoms with Gasteiger partial charge < -0.3 is 10.3 Å². The van der Waals surface area contributed by atoms with Crippen LogP contribution >= 0.6 is 11.6 Å². The van der Waals surface area contributed by atoms with E-state index in [0.29, 0.717) is 5.02 Å². The highest BCUT2D eigenvalue weighted by molar-refractivity contribution is 6.30. The van der Waals surface area contributed by atoms with Crippen molar-refractivity contribution >= 4 is 17.5 Å². The van der Waals surface area contributed by atoms with Crippen molar-refractivity contribution < 1.29 is 4.79 Å². The number of halogens is 1. The van der Waals surface area contributed by atoms with Crippen molar-refractivity contribution in [3.05, 3.63) is 47.0 Å². The third kappa shape index (κ3) is 3.75. The van der Waals surface area contributed by atoms with Gasteiger partial charge in [0, 0.05) is 38.2 Å². The molecule has 0 aliphatic carbocycles. The van der Waals surface area contributed by atoms with Crippen LogP contribution in [0, 0.1) is 0 Å². The number of carbonyl (C=O) groups excluding carboxylic acids is 1. The third-order valence-electron chi connectivity index (χ3n) is 4.40. The van der Waals surface area contributed by atoms with Crippen LogP contribution in [0.5, 0.6) is 0 Å². The maximum Gasteiger partial charge on any atom is 0.239 e. The van der Waals surface area contributed by atoms with Crippen molar-refractivity contribution in [3.63, 3.8) is 0 Å². The molecule has 1 fully saturated rings. The fourth-order valence-corrected chi connectivity index (χ4v) is 3.16. The van der Waals surface area contributed by atoms with Crippen LogP contribution < -0.4 is 5.73 Å². The van der Waals surface area contributed by atoms with Crippen molar-refractivity contribution in [3.8, 4) is 0 Å². The van der Waals surface area contributed by atoms with Gasteiger partial charge >= 0.3 is 0 Å². The highest BCUT2D eigenvalue weighted by Gasteiger charge is 2.29. The first-order valence-corrected chi connectivity index (χ1v) is 8.26. The second-order valence-corrected chi connectivity index (χ2v) is 6.46. The lowest BCUT2D eigenvalue weighted by atomic mass is 10.0. The van der Waals surface area contributed by atoms with Crippen molar-refractivity contribution in [2.75, 3.05) is 26.2 Å². The predicted octanol–water partition coefficient (Wildman–Crippen LogP) is 0.813. The van der Waals surface area contributed by atoms with Crippen LogP contribution in [0.3, 0.4) is 0 Å². The Bertz CT molecular complexity index is 693. The summed E-state index contributed by atoms with van der Waals surface area (Å²) in [5.74, 6) is 0.603. The Kier molecular flexibility index (Phi) is 5.13. The first-order chi connectivity index (χ1) is 11.5. The molecule has 1 aromatic heterocycles. The number of carbonyl (C=O) groups is 1. The molecule has 2 aromatic rings. The largest absolute Gasteiger partial charge is 0.368 e. The third-order valence-corrected chi connectivity index (χ3v) is 4.65. The Morgan fingerprint density at radius 2 is 1.92 bits per heavy atom. The summed E-state index contributed by atoms with van der Waals surface area (Å²) in [5, 5.41) is 8.67. The molecule has 7 nitrogen and oxygen atoms in total. The number of nitrogens with zero attached hydrogens (tertiary/aromatic N) is 5. The van der Waals surface area contributed by atoms with Crippen LogP contribution in [0.1, 0.15) is 17.4 Å². The van der Waals surface area contributed by atoms with Gasteiger partial charge in [0.1, 0.15) is 18.2 Å². The van der Waals surface area contributed by atoms with E-state index in [1.54, 1.807) is 18.5 Å². The minimum Gasteiger partial charge on any atom is -0.368 e. The minimum atomic E-state index is -0.417. The van der Waals surface area contributed by atoms with E-state index in [1.807, 2.05) is 23.7 Å². The van der Waals surface area contributed by atoms with Crippen LogP contribution in [-0.2, 0) is 18.4 Å². The molecule has 8 heteroatoms. The van der Waals surface area contributed by atoms with Crippen LogP contribution in [0.2, 0.25) is 5.02 Å². The fraction of sp³-hybridized carbons (Fsp3) is 0.438. The topological polar surface area (TPSA) is 80.3 Å². The predicted molar refractivity (Wildman–Crippen MR) is 91.2 cm³/mol. The van der Waals surface area contributed by atoms with Gasteiger partial charge in [-0.1, -0.05) is 23.7 Å². The zero-order valence-corrected chi connectivity index (χ0v) is 14.4. The van der Waals surface area contributed by atoms with E-state index in [2.05, 4.69) is 20.0 Å². The monoisotopic (exact) mass is 348 g/mol. The Labute approximate surface area is 146 Å². The Morgan fingerprint density at radius 1 is 1.25 bits per heavy atom. The molecule has 1 amide bonds. The molecule has 1 aromatic carbocycles. The highest BCUT2D eigenvalue weighted by Crippen LogP contribution is 2.24. The van der Waals surface area contributed by atoms with Gasteiger partial charge in [-0.05, 0) is 17.7 Å². The summed E-state index contributed by atoms with van der Waals surface area (Å²) >= 11 is 5.93. The summed E-state index contributed by atoms with van der Waals surface area (Å²) in [6, 6.07) is 6.89. The van der Waals surface area contributed by atoms with Gasteiger partial charge in [-0.25, -0.2) is 0 Å². The number of primary amides is 1. The lowest BCUT2D eigenvalue weighted by Gasteiger charge is -2.38. The Balaban J connectivity index is 1.64. The van der Waals surface area contributed by atoms with E-state index in [1.165, 1.54) is 0 Å². The Morgan fingerprint density at radius 3 is 2.46 bits per heavy atom. The number of piperazine rings is 1. The zero-order valence-electron chi connectivity index (χ0n) is 13.6. The number of aromatic nitrogens is 3. The second-order valence-electron chi connectivity index (χ2n) is 6.03. The number of hydrogen-bond donors (Lipinski definition) is 1. The van der Waals surface area contributed by atoms with Crippen LogP contribution in [0.4, 0.5) is 0 Å². The molecule has 1 atom stereocenters. The molecule has 0 spiro atoms. The highest BCUT2D eigenvalue weighted by atomic mass is 35.5. The van der Waals surface area contributed by atoms with Crippen molar-refractivity contribution in [1.82, 2.24) is 24.6 Å². The molecule has 24 heavy (non-hydrogen) atoms. The van der Waals surface area contributed by atoms with Crippen molar-refractivity contribution in [2.24, 2.45) is 12.8 Å². The van der Waals surface area contributed by atoms with Gasteiger partial charge in [-0.2, -0.15) is 0 Å². The van der Waals surface area contributed by atoms with Crippen molar-refractivity contribution in [1.29, 1.82) is 0 Å². The first-order valence-electron chi connectivity index (χ1n) is 7.88. The molecule has 1 aliphatic rings. The molecule has 2 heterocycles. The van der Waals surface area contributed by atoms with Crippen LogP contribution in [-0.4, -0.2) is 56.7 Å². The molecular formula is C16H21ClN6O. The summed E-state index contributed by atoms with van der Waals surface area (Å²) in [4.78, 5) is 16.4. The number of nitrogens with two attached hydrogens (primary N) is 1. The first kappa shape index (κ1) is 16.9. The summed E-state index contributed by atoms with van der Waals surface area (Å²) < 4.78 is 1.92. The van der Waals surface area contributed by atoms with E-state index in [4.69, 9.17) is 17.3 Å². The number of rotatable bonds is 5. The van der Waals surface area contributed by atoms with Crippen LogP contribution in [0.15, 0.2) is 30.6 Å². The lowest BCUT2D eigenvalue weighted by molar-refractivity contribution is -0.124. The van der Waals surface area contributed by atoms with E-state index in [9.17, 15) is 4.79 Å². The zero-order chi connectivity index (χ0) is 17.1. The molecule has 1 aliphatic heterocycles. The number of benzene rings is 1. The summed E-state index contributed by atoms with van der Waals surface area (Å²) in [6.45, 7) is 4.00. The molecule has 2 N–H and O–H groups in total. The molecule has 1 saturated heterocycles. The quantitative estimate of drug-likeness (QED) is 0.865. The molecule has 0 saturated carbocycles. The van der Waals surface area contributed by atoms with Gasteiger partial charge in [0.25, 0.3) is 0 Å². The Hall–Kier alpha value is -1.96. The van der Waals surface area contributed by atoms with Crippen LogP contribution in [0.25, 0.3) is 0 Å². The molecule has 3 rings (SSSR count). The van der Waals surface area contributed by atoms with E-state index < -0.39 is 6.04 Å². The number of aryl methyl sites for hydroxylation is 1. The summed E-state index contributed by atoms with van der Waals surface area (Å²) in [5.41, 5.74) is 6.54. The second kappa shape index (κ2) is 7.29. The van der Waals surface area contributed by atoms with Gasteiger partial charge in [-0.15, -0.1) is 10.2 Å². The van der Waals surface area contributed by atoms with Gasteiger partial charge in [-0.3, -0.25) is 14.6 Å². The lowest BCUT2D eigenvalue weighted by Crippen LogP contribution is -2.50. The standard InChI is InChI=1S/C16H21ClN6O/c1-21-11-19-20-14(21)10-22-6-8-23(9-7-22)15(16(18)24)12-2-4-13(17)5-3-12/h2-5,11,15H,6-10H2,1H3,(H2,18,24)/t15-/m0/s1. The van der Waals surface area contributed by atoms with E-state index in [0.717, 1.165) is 44.1 Å².